The Morgan fingerprint density at radius 2 is 1.23 bits per heavy atom. The molecule has 3 nitrogen and oxygen atoms in total. The van der Waals surface area contributed by atoms with E-state index < -0.39 is 0 Å². The van der Waals surface area contributed by atoms with Gasteiger partial charge in [-0.3, -0.25) is 4.79 Å². The zero-order chi connectivity index (χ0) is 18.7. The van der Waals surface area contributed by atoms with Crippen molar-refractivity contribution in [2.24, 2.45) is 0 Å². The highest BCUT2D eigenvalue weighted by Gasteiger charge is 2.22. The minimum atomic E-state index is -0.0385. The number of carbonyl (C=O) groups is 1. The maximum Gasteiger partial charge on any atom is 0.323 e. The molecule has 3 heteroatoms. The number of nitrogens with one attached hydrogen (secondary N) is 1. The van der Waals surface area contributed by atoms with Gasteiger partial charge in [0.1, 0.15) is 6.04 Å². The quantitative estimate of drug-likeness (QED) is 0.221. The molecule has 0 saturated carbocycles. The Balaban J connectivity index is 1.69. The topological polar surface area (TPSA) is 38.3 Å². The lowest BCUT2D eigenvalue weighted by Crippen LogP contribution is -2.32. The molecule has 0 spiro atoms. The average molecular weight is 368 g/mol. The van der Waals surface area contributed by atoms with Crippen LogP contribution in [0.15, 0.2) is 0 Å². The highest BCUT2D eigenvalue weighted by atomic mass is 16.5. The van der Waals surface area contributed by atoms with Crippen LogP contribution in [0, 0.1) is 0 Å². The van der Waals surface area contributed by atoms with Crippen LogP contribution in [0.2, 0.25) is 0 Å². The summed E-state index contributed by atoms with van der Waals surface area (Å²) in [5.41, 5.74) is 0. The van der Waals surface area contributed by atoms with Crippen LogP contribution in [-0.4, -0.2) is 25.2 Å². The molecule has 0 radical (unpaired) electrons. The van der Waals surface area contributed by atoms with Crippen LogP contribution in [-0.2, 0) is 9.53 Å². The van der Waals surface area contributed by atoms with E-state index in [4.69, 9.17) is 4.74 Å². The summed E-state index contributed by atoms with van der Waals surface area (Å²) in [6, 6.07) is -0.0314. The summed E-state index contributed by atoms with van der Waals surface area (Å²) in [5, 5.41) is 3.19. The predicted octanol–water partition coefficient (Wildman–Crippen LogP) is 6.54. The second-order valence-electron chi connectivity index (χ2n) is 8.12. The molecule has 0 aromatic carbocycles. The zero-order valence-corrected chi connectivity index (χ0v) is 17.5. The van der Waals surface area contributed by atoms with E-state index in [0.29, 0.717) is 6.61 Å². The SMILES string of the molecule is CCCCCCCCCCCCCCCCCCOC(=O)C1CCCN1. The number of unbranched alkanes of at least 4 members (excludes halogenated alkanes) is 15. The van der Waals surface area contributed by atoms with Crippen LogP contribution in [0.4, 0.5) is 0 Å². The number of carbonyl (C=O) groups excluding carboxylic acids is 1. The standard InChI is InChI=1S/C23H45NO2/c1-2-3-4-5-6-7-8-9-10-11-12-13-14-15-16-17-21-26-23(25)22-19-18-20-24-22/h22,24H,2-21H2,1H3. The Bertz CT molecular complexity index is 313. The molecule has 1 atom stereocenters. The molecule has 1 saturated heterocycles. The Hall–Kier alpha value is -0.570. The van der Waals surface area contributed by atoms with E-state index in [9.17, 15) is 4.79 Å². The molecule has 1 fully saturated rings. The Kier molecular flexibility index (Phi) is 16.1. The van der Waals surface area contributed by atoms with Gasteiger partial charge in [-0.1, -0.05) is 103 Å². The summed E-state index contributed by atoms with van der Waals surface area (Å²) in [6.45, 7) is 3.85. The maximum absolute atomic E-state index is 11.7. The Morgan fingerprint density at radius 3 is 1.65 bits per heavy atom. The van der Waals surface area contributed by atoms with Crippen molar-refractivity contribution in [2.45, 2.75) is 129 Å². The van der Waals surface area contributed by atoms with E-state index in [1.54, 1.807) is 0 Å². The minimum Gasteiger partial charge on any atom is -0.465 e. The second kappa shape index (κ2) is 17.8. The van der Waals surface area contributed by atoms with Crippen molar-refractivity contribution < 1.29 is 9.53 Å². The van der Waals surface area contributed by atoms with Crippen molar-refractivity contribution in [3.05, 3.63) is 0 Å². The average Bonchev–Trinajstić information content (AvgIpc) is 3.19. The Labute approximate surface area is 163 Å². The monoisotopic (exact) mass is 367 g/mol. The van der Waals surface area contributed by atoms with Crippen molar-refractivity contribution in [1.82, 2.24) is 5.32 Å². The van der Waals surface area contributed by atoms with Crippen molar-refractivity contribution in [2.75, 3.05) is 13.2 Å². The highest BCUT2D eigenvalue weighted by Crippen LogP contribution is 2.14. The Morgan fingerprint density at radius 1 is 0.769 bits per heavy atom. The lowest BCUT2D eigenvalue weighted by molar-refractivity contribution is -0.145. The normalized spacial score (nSPS) is 16.9. The molecular weight excluding hydrogens is 322 g/mol. The third-order valence-corrected chi connectivity index (χ3v) is 5.59. The molecule has 0 aliphatic carbocycles. The molecule has 1 N–H and O–H groups in total. The van der Waals surface area contributed by atoms with Crippen molar-refractivity contribution in [1.29, 1.82) is 0 Å². The predicted molar refractivity (Wildman–Crippen MR) is 112 cm³/mol. The third-order valence-electron chi connectivity index (χ3n) is 5.59. The summed E-state index contributed by atoms with van der Waals surface area (Å²) in [4.78, 5) is 11.7. The first-order chi connectivity index (χ1) is 12.8. The van der Waals surface area contributed by atoms with Gasteiger partial charge in [-0.25, -0.2) is 0 Å². The zero-order valence-electron chi connectivity index (χ0n) is 17.5. The van der Waals surface area contributed by atoms with Gasteiger partial charge in [-0.15, -0.1) is 0 Å². The lowest BCUT2D eigenvalue weighted by Gasteiger charge is -2.10. The first kappa shape index (κ1) is 23.5. The maximum atomic E-state index is 11.7. The largest absolute Gasteiger partial charge is 0.465 e. The fourth-order valence-electron chi connectivity index (χ4n) is 3.81. The van der Waals surface area contributed by atoms with Gasteiger partial charge in [0, 0.05) is 0 Å². The molecule has 1 rings (SSSR count). The number of esters is 1. The third kappa shape index (κ3) is 13.6. The van der Waals surface area contributed by atoms with Gasteiger partial charge >= 0.3 is 5.97 Å². The summed E-state index contributed by atoms with van der Waals surface area (Å²) in [6.07, 6.45) is 24.0. The van der Waals surface area contributed by atoms with E-state index in [0.717, 1.165) is 25.8 Å². The highest BCUT2D eigenvalue weighted by molar-refractivity contribution is 5.76. The molecular formula is C23H45NO2. The molecule has 0 aromatic heterocycles. The van der Waals surface area contributed by atoms with Crippen molar-refractivity contribution >= 4 is 5.97 Å². The summed E-state index contributed by atoms with van der Waals surface area (Å²) < 4.78 is 5.34. The van der Waals surface area contributed by atoms with Crippen LogP contribution >= 0.6 is 0 Å². The number of ether oxygens (including phenoxy) is 1. The second-order valence-corrected chi connectivity index (χ2v) is 8.12. The molecule has 1 aliphatic rings. The fraction of sp³-hybridized carbons (Fsp3) is 0.957. The molecule has 0 aromatic rings. The minimum absolute atomic E-state index is 0.0314. The molecule has 26 heavy (non-hydrogen) atoms. The van der Waals surface area contributed by atoms with Gasteiger partial charge in [0.25, 0.3) is 0 Å². The van der Waals surface area contributed by atoms with Gasteiger partial charge in [-0.2, -0.15) is 0 Å². The molecule has 1 heterocycles. The van der Waals surface area contributed by atoms with E-state index in [1.165, 1.54) is 96.3 Å². The molecule has 154 valence electrons. The number of hydrogen-bond donors (Lipinski definition) is 1. The van der Waals surface area contributed by atoms with Crippen LogP contribution in [0.1, 0.15) is 122 Å². The number of rotatable bonds is 18. The van der Waals surface area contributed by atoms with E-state index >= 15 is 0 Å². The van der Waals surface area contributed by atoms with Gasteiger partial charge in [-0.05, 0) is 25.8 Å². The van der Waals surface area contributed by atoms with Crippen LogP contribution < -0.4 is 5.32 Å². The van der Waals surface area contributed by atoms with Gasteiger partial charge in [0.15, 0.2) is 0 Å². The smallest absolute Gasteiger partial charge is 0.323 e. The van der Waals surface area contributed by atoms with Crippen LogP contribution in [0.5, 0.6) is 0 Å². The summed E-state index contributed by atoms with van der Waals surface area (Å²) in [7, 11) is 0. The first-order valence-corrected chi connectivity index (χ1v) is 11.7. The molecule has 0 bridgehead atoms. The van der Waals surface area contributed by atoms with E-state index in [1.807, 2.05) is 0 Å². The fourth-order valence-corrected chi connectivity index (χ4v) is 3.81. The van der Waals surface area contributed by atoms with Gasteiger partial charge in [0.2, 0.25) is 0 Å². The molecule has 1 unspecified atom stereocenters. The van der Waals surface area contributed by atoms with Crippen LogP contribution in [0.25, 0.3) is 0 Å². The van der Waals surface area contributed by atoms with E-state index in [-0.39, 0.29) is 12.0 Å². The first-order valence-electron chi connectivity index (χ1n) is 11.7. The number of hydrogen-bond acceptors (Lipinski definition) is 3. The van der Waals surface area contributed by atoms with Crippen LogP contribution in [0.3, 0.4) is 0 Å². The molecule has 0 amide bonds. The van der Waals surface area contributed by atoms with Gasteiger partial charge < -0.3 is 10.1 Å². The summed E-state index contributed by atoms with van der Waals surface area (Å²) >= 11 is 0. The summed E-state index contributed by atoms with van der Waals surface area (Å²) in [5.74, 6) is -0.0385. The van der Waals surface area contributed by atoms with Crippen molar-refractivity contribution in [3.8, 4) is 0 Å². The molecule has 1 aliphatic heterocycles. The van der Waals surface area contributed by atoms with E-state index in [2.05, 4.69) is 12.2 Å². The van der Waals surface area contributed by atoms with Gasteiger partial charge in [0.05, 0.1) is 6.61 Å². The van der Waals surface area contributed by atoms with Crippen molar-refractivity contribution in [3.63, 3.8) is 0 Å². The lowest BCUT2D eigenvalue weighted by atomic mass is 10.0.